The van der Waals surface area contributed by atoms with Crippen LogP contribution >= 0.6 is 12.2 Å². The minimum absolute atomic E-state index is 0.0631. The lowest BCUT2D eigenvalue weighted by molar-refractivity contribution is -0.228. The smallest absolute Gasteiger partial charge is 0.303 e. The number of esters is 3. The highest BCUT2D eigenvalue weighted by molar-refractivity contribution is 7.80. The maximum atomic E-state index is 11.5. The van der Waals surface area contributed by atoms with Gasteiger partial charge in [0.05, 0.1) is 13.2 Å². The molecule has 1 N–H and O–H groups in total. The molecule has 1 rings (SSSR count). The average molecular weight is 391 g/mol. The molecule has 1 saturated heterocycles. The minimum Gasteiger partial charge on any atom is -0.471 e. The summed E-state index contributed by atoms with van der Waals surface area (Å²) < 4.78 is 26.5. The van der Waals surface area contributed by atoms with Crippen molar-refractivity contribution in [3.63, 3.8) is 0 Å². The van der Waals surface area contributed by atoms with Gasteiger partial charge in [0.2, 0.25) is 0 Å². The predicted octanol–water partition coefficient (Wildman–Crippen LogP) is 0.829. The zero-order valence-electron chi connectivity index (χ0n) is 15.3. The molecule has 0 unspecified atom stereocenters. The van der Waals surface area contributed by atoms with Crippen molar-refractivity contribution in [1.29, 1.82) is 0 Å². The van der Waals surface area contributed by atoms with Crippen LogP contribution in [0.3, 0.4) is 0 Å². The molecule has 26 heavy (non-hydrogen) atoms. The van der Waals surface area contributed by atoms with Crippen molar-refractivity contribution < 1.29 is 38.1 Å². The van der Waals surface area contributed by atoms with Crippen molar-refractivity contribution >= 4 is 35.3 Å². The van der Waals surface area contributed by atoms with Gasteiger partial charge in [-0.15, -0.1) is 0 Å². The fraction of sp³-hybridized carbons (Fsp3) is 0.750. The van der Waals surface area contributed by atoms with Crippen LogP contribution in [0.15, 0.2) is 0 Å². The molecule has 0 amide bonds. The van der Waals surface area contributed by atoms with Crippen LogP contribution in [0.5, 0.6) is 0 Å². The summed E-state index contributed by atoms with van der Waals surface area (Å²) in [5, 5.41) is 2.85. The lowest BCUT2D eigenvalue weighted by Crippen LogP contribution is -2.62. The lowest BCUT2D eigenvalue weighted by atomic mass is 10.0. The number of hydrogen-bond donors (Lipinski definition) is 1. The van der Waals surface area contributed by atoms with Gasteiger partial charge in [-0.1, -0.05) is 13.3 Å². The molecule has 1 aliphatic heterocycles. The molecule has 1 aliphatic rings. The summed E-state index contributed by atoms with van der Waals surface area (Å²) in [4.78, 5) is 34.3. The standard InChI is InChI=1S/C16H25NO8S/c1-5-6-7-21-16(26)17-15-14(25-11(4)20)13(24-10(3)19)12(8-22-15)23-9(2)18/h12-15H,5-8H2,1-4H3,(H,17,26)/t12-,13-,14+,15+/m0/s1. The van der Waals surface area contributed by atoms with Gasteiger partial charge in [0, 0.05) is 20.8 Å². The maximum absolute atomic E-state index is 11.5. The molecular formula is C16H25NO8S. The third-order valence-corrected chi connectivity index (χ3v) is 3.58. The largest absolute Gasteiger partial charge is 0.471 e. The van der Waals surface area contributed by atoms with Gasteiger partial charge in [0.1, 0.15) is 0 Å². The molecule has 0 aromatic rings. The summed E-state index contributed by atoms with van der Waals surface area (Å²) >= 11 is 5.09. The van der Waals surface area contributed by atoms with Gasteiger partial charge in [-0.2, -0.15) is 0 Å². The van der Waals surface area contributed by atoms with Crippen molar-refractivity contribution in [2.75, 3.05) is 13.2 Å². The van der Waals surface area contributed by atoms with Crippen molar-refractivity contribution in [3.8, 4) is 0 Å². The molecular weight excluding hydrogens is 366 g/mol. The monoisotopic (exact) mass is 391 g/mol. The summed E-state index contributed by atoms with van der Waals surface area (Å²) in [5.74, 6) is -1.82. The highest BCUT2D eigenvalue weighted by Gasteiger charge is 2.47. The Morgan fingerprint density at radius 3 is 2.15 bits per heavy atom. The number of rotatable bonds is 7. The molecule has 148 valence electrons. The van der Waals surface area contributed by atoms with Crippen molar-refractivity contribution in [1.82, 2.24) is 5.32 Å². The molecule has 0 radical (unpaired) electrons. The Labute approximate surface area is 157 Å². The fourth-order valence-electron chi connectivity index (χ4n) is 2.33. The van der Waals surface area contributed by atoms with Crippen LogP contribution in [-0.2, 0) is 38.1 Å². The summed E-state index contributed by atoms with van der Waals surface area (Å²) in [5.41, 5.74) is 0. The topological polar surface area (TPSA) is 109 Å². The third kappa shape index (κ3) is 7.52. The molecule has 0 aliphatic carbocycles. The number of carbonyl (C=O) groups is 3. The Balaban J connectivity index is 2.91. The normalized spacial score (nSPS) is 24.9. The van der Waals surface area contributed by atoms with Crippen LogP contribution in [0.4, 0.5) is 0 Å². The van der Waals surface area contributed by atoms with Crippen LogP contribution in [0.1, 0.15) is 40.5 Å². The zero-order valence-corrected chi connectivity index (χ0v) is 16.1. The van der Waals surface area contributed by atoms with Crippen LogP contribution in [-0.4, -0.2) is 60.8 Å². The summed E-state index contributed by atoms with van der Waals surface area (Å²) in [6.45, 7) is 5.98. The SMILES string of the molecule is CCCCOC(=S)N[C@@H]1OC[C@H](OC(C)=O)[C@H](OC(C)=O)[C@H]1OC(C)=O. The van der Waals surface area contributed by atoms with E-state index in [1.165, 1.54) is 20.8 Å². The van der Waals surface area contributed by atoms with Gasteiger partial charge in [0.25, 0.3) is 5.17 Å². The van der Waals surface area contributed by atoms with Crippen molar-refractivity contribution in [3.05, 3.63) is 0 Å². The molecule has 1 fully saturated rings. The number of ether oxygens (including phenoxy) is 5. The van der Waals surface area contributed by atoms with E-state index in [1.54, 1.807) is 0 Å². The van der Waals surface area contributed by atoms with Crippen LogP contribution < -0.4 is 5.32 Å². The van der Waals surface area contributed by atoms with Crippen LogP contribution in [0.2, 0.25) is 0 Å². The maximum Gasteiger partial charge on any atom is 0.303 e. The molecule has 0 bridgehead atoms. The molecule has 4 atom stereocenters. The van der Waals surface area contributed by atoms with E-state index in [0.29, 0.717) is 6.61 Å². The molecule has 0 aromatic carbocycles. The van der Waals surface area contributed by atoms with E-state index in [4.69, 9.17) is 35.9 Å². The minimum atomic E-state index is -1.08. The van der Waals surface area contributed by atoms with E-state index in [2.05, 4.69) is 5.32 Å². The third-order valence-electron chi connectivity index (χ3n) is 3.34. The Morgan fingerprint density at radius 1 is 1.04 bits per heavy atom. The summed E-state index contributed by atoms with van der Waals surface area (Å²) in [7, 11) is 0. The van der Waals surface area contributed by atoms with E-state index in [0.717, 1.165) is 12.8 Å². The number of carbonyl (C=O) groups excluding carboxylic acids is 3. The van der Waals surface area contributed by atoms with Gasteiger partial charge in [0.15, 0.2) is 24.5 Å². The van der Waals surface area contributed by atoms with Crippen molar-refractivity contribution in [2.45, 2.75) is 65.1 Å². The van der Waals surface area contributed by atoms with E-state index >= 15 is 0 Å². The molecule has 0 saturated carbocycles. The van der Waals surface area contributed by atoms with Gasteiger partial charge < -0.3 is 29.0 Å². The van der Waals surface area contributed by atoms with E-state index in [9.17, 15) is 14.4 Å². The summed E-state index contributed by atoms with van der Waals surface area (Å²) in [6, 6.07) is 0. The highest BCUT2D eigenvalue weighted by atomic mass is 32.1. The first-order valence-electron chi connectivity index (χ1n) is 8.31. The van der Waals surface area contributed by atoms with Gasteiger partial charge in [-0.25, -0.2) is 0 Å². The Hall–Kier alpha value is -1.94. The fourth-order valence-corrected chi connectivity index (χ4v) is 2.53. The van der Waals surface area contributed by atoms with Gasteiger partial charge >= 0.3 is 17.9 Å². The second-order valence-corrected chi connectivity index (χ2v) is 6.05. The van der Waals surface area contributed by atoms with Gasteiger partial charge in [-0.05, 0) is 18.6 Å². The zero-order chi connectivity index (χ0) is 19.7. The quantitative estimate of drug-likeness (QED) is 0.290. The predicted molar refractivity (Wildman–Crippen MR) is 93.0 cm³/mol. The van der Waals surface area contributed by atoms with E-state index < -0.39 is 42.4 Å². The number of unbranched alkanes of at least 4 members (excludes halogenated alkanes) is 1. The lowest BCUT2D eigenvalue weighted by Gasteiger charge is -2.40. The Kier molecular flexibility index (Phi) is 9.28. The first-order chi connectivity index (χ1) is 12.2. The number of nitrogens with one attached hydrogen (secondary N) is 1. The average Bonchev–Trinajstić information content (AvgIpc) is 2.52. The molecule has 1 heterocycles. The highest BCUT2D eigenvalue weighted by Crippen LogP contribution is 2.23. The van der Waals surface area contributed by atoms with Crippen molar-refractivity contribution in [2.24, 2.45) is 0 Å². The number of hydrogen-bond acceptors (Lipinski definition) is 9. The molecule has 10 heteroatoms. The van der Waals surface area contributed by atoms with Gasteiger partial charge in [-0.3, -0.25) is 14.4 Å². The first kappa shape index (κ1) is 22.1. The molecule has 0 spiro atoms. The first-order valence-corrected chi connectivity index (χ1v) is 8.72. The summed E-state index contributed by atoms with van der Waals surface area (Å²) in [6.07, 6.45) is -2.22. The Bertz CT molecular complexity index is 526. The second-order valence-electron chi connectivity index (χ2n) is 5.68. The van der Waals surface area contributed by atoms with Crippen LogP contribution in [0.25, 0.3) is 0 Å². The van der Waals surface area contributed by atoms with Crippen LogP contribution in [0, 0.1) is 0 Å². The Morgan fingerprint density at radius 2 is 1.62 bits per heavy atom. The van der Waals surface area contributed by atoms with E-state index in [1.807, 2.05) is 6.92 Å². The second kappa shape index (κ2) is 10.9. The molecule has 0 aromatic heterocycles. The molecule has 9 nitrogen and oxygen atoms in total. The van der Waals surface area contributed by atoms with E-state index in [-0.39, 0.29) is 11.8 Å². The number of thiocarbonyl (C=S) groups is 1.